The number of nitrogens with zero attached hydrogens (tertiary/aromatic N) is 5. The molecule has 25 heavy (non-hydrogen) atoms. The van der Waals surface area contributed by atoms with Gasteiger partial charge in [0.2, 0.25) is 4.96 Å². The van der Waals surface area contributed by atoms with Gasteiger partial charge in [0, 0.05) is 30.9 Å². The maximum atomic E-state index is 12.3. The summed E-state index contributed by atoms with van der Waals surface area (Å²) in [5.41, 5.74) is 2.38. The molecule has 4 aromatic rings. The van der Waals surface area contributed by atoms with Crippen molar-refractivity contribution >= 4 is 22.2 Å². The third-order valence-electron chi connectivity index (χ3n) is 3.74. The largest absolute Gasteiger partial charge is 0.352 e. The van der Waals surface area contributed by atoms with Crippen LogP contribution in [0.1, 0.15) is 21.1 Å². The van der Waals surface area contributed by atoms with Gasteiger partial charge in [0.15, 0.2) is 0 Å². The zero-order valence-corrected chi connectivity index (χ0v) is 14.4. The number of fused-ring (bicyclic) bond motifs is 1. The standard InChI is InChI=1S/C17H16N6OS/c1-12-21-23-11-14(20-17(23)25-12)6-8-18-16(24)13-4-2-5-15(10-13)22-9-3-7-19-22/h2-5,7,9-11H,6,8H2,1H3,(H,18,24). The summed E-state index contributed by atoms with van der Waals surface area (Å²) in [6.07, 6.45) is 6.12. The smallest absolute Gasteiger partial charge is 0.251 e. The van der Waals surface area contributed by atoms with Crippen LogP contribution in [-0.2, 0) is 6.42 Å². The lowest BCUT2D eigenvalue weighted by molar-refractivity contribution is 0.0954. The van der Waals surface area contributed by atoms with Crippen molar-refractivity contribution in [2.75, 3.05) is 6.54 Å². The fourth-order valence-electron chi connectivity index (χ4n) is 2.58. The highest BCUT2D eigenvalue weighted by Crippen LogP contribution is 2.13. The van der Waals surface area contributed by atoms with Gasteiger partial charge in [-0.25, -0.2) is 14.2 Å². The molecule has 0 aliphatic carbocycles. The van der Waals surface area contributed by atoms with E-state index in [0.29, 0.717) is 18.5 Å². The summed E-state index contributed by atoms with van der Waals surface area (Å²) >= 11 is 1.55. The number of nitrogens with one attached hydrogen (secondary N) is 1. The molecule has 0 radical (unpaired) electrons. The molecule has 0 unspecified atom stereocenters. The number of benzene rings is 1. The average Bonchev–Trinajstić information content (AvgIpc) is 3.31. The minimum absolute atomic E-state index is 0.107. The summed E-state index contributed by atoms with van der Waals surface area (Å²) in [7, 11) is 0. The number of hydrogen-bond donors (Lipinski definition) is 1. The van der Waals surface area contributed by atoms with Crippen molar-refractivity contribution < 1.29 is 4.79 Å². The van der Waals surface area contributed by atoms with E-state index in [2.05, 4.69) is 20.5 Å². The Labute approximate surface area is 147 Å². The molecule has 8 heteroatoms. The molecular formula is C17H16N6OS. The lowest BCUT2D eigenvalue weighted by Crippen LogP contribution is -2.25. The molecule has 3 heterocycles. The normalized spacial score (nSPS) is 11.1. The van der Waals surface area contributed by atoms with E-state index in [9.17, 15) is 4.79 Å². The first-order chi connectivity index (χ1) is 12.2. The molecule has 0 saturated heterocycles. The second-order valence-corrected chi connectivity index (χ2v) is 6.75. The van der Waals surface area contributed by atoms with E-state index < -0.39 is 0 Å². The molecule has 1 amide bonds. The lowest BCUT2D eigenvalue weighted by Gasteiger charge is -2.06. The van der Waals surface area contributed by atoms with E-state index in [0.717, 1.165) is 21.3 Å². The number of carbonyl (C=O) groups is 1. The van der Waals surface area contributed by atoms with Crippen molar-refractivity contribution in [2.45, 2.75) is 13.3 Å². The Kier molecular flexibility index (Phi) is 4.02. The van der Waals surface area contributed by atoms with Crippen LogP contribution >= 0.6 is 11.3 Å². The first-order valence-corrected chi connectivity index (χ1v) is 8.71. The van der Waals surface area contributed by atoms with Gasteiger partial charge >= 0.3 is 0 Å². The van der Waals surface area contributed by atoms with Crippen molar-refractivity contribution in [1.82, 2.24) is 29.7 Å². The summed E-state index contributed by atoms with van der Waals surface area (Å²) in [4.78, 5) is 17.7. The van der Waals surface area contributed by atoms with E-state index >= 15 is 0 Å². The van der Waals surface area contributed by atoms with E-state index in [4.69, 9.17) is 0 Å². The Morgan fingerprint density at radius 1 is 1.32 bits per heavy atom. The summed E-state index contributed by atoms with van der Waals surface area (Å²) in [6, 6.07) is 9.22. The third kappa shape index (κ3) is 3.29. The van der Waals surface area contributed by atoms with Gasteiger partial charge in [-0.15, -0.1) is 0 Å². The van der Waals surface area contributed by atoms with Crippen LogP contribution in [0.3, 0.4) is 0 Å². The summed E-state index contributed by atoms with van der Waals surface area (Å²) in [5.74, 6) is -0.107. The molecule has 0 fully saturated rings. The number of rotatable bonds is 5. The second kappa shape index (κ2) is 6.48. The van der Waals surface area contributed by atoms with Crippen LogP contribution in [0.4, 0.5) is 0 Å². The van der Waals surface area contributed by atoms with Crippen molar-refractivity contribution in [3.63, 3.8) is 0 Å². The minimum Gasteiger partial charge on any atom is -0.352 e. The van der Waals surface area contributed by atoms with Gasteiger partial charge in [-0.2, -0.15) is 10.2 Å². The first-order valence-electron chi connectivity index (χ1n) is 7.89. The van der Waals surface area contributed by atoms with E-state index in [1.54, 1.807) is 32.8 Å². The number of hydrogen-bond acceptors (Lipinski definition) is 5. The summed E-state index contributed by atoms with van der Waals surface area (Å²) < 4.78 is 3.51. The molecule has 1 N–H and O–H groups in total. The number of aromatic nitrogens is 5. The van der Waals surface area contributed by atoms with Gasteiger partial charge in [0.25, 0.3) is 5.91 Å². The van der Waals surface area contributed by atoms with Gasteiger partial charge < -0.3 is 5.32 Å². The highest BCUT2D eigenvalue weighted by atomic mass is 32.1. The van der Waals surface area contributed by atoms with Gasteiger partial charge in [-0.1, -0.05) is 17.4 Å². The van der Waals surface area contributed by atoms with E-state index in [-0.39, 0.29) is 5.91 Å². The van der Waals surface area contributed by atoms with Crippen molar-refractivity contribution in [1.29, 1.82) is 0 Å². The fraction of sp³-hybridized carbons (Fsp3) is 0.176. The molecule has 1 aromatic carbocycles. The molecular weight excluding hydrogens is 336 g/mol. The number of amides is 1. The topological polar surface area (TPSA) is 77.1 Å². The predicted molar refractivity (Wildman–Crippen MR) is 95.2 cm³/mol. The van der Waals surface area contributed by atoms with E-state index in [1.165, 1.54) is 0 Å². The zero-order valence-electron chi connectivity index (χ0n) is 13.6. The number of carbonyl (C=O) groups excluding carboxylic acids is 1. The Hall–Kier alpha value is -3.00. The molecule has 7 nitrogen and oxygen atoms in total. The van der Waals surface area contributed by atoms with Crippen molar-refractivity contribution in [2.24, 2.45) is 0 Å². The Morgan fingerprint density at radius 3 is 3.04 bits per heavy atom. The minimum atomic E-state index is -0.107. The summed E-state index contributed by atoms with van der Waals surface area (Å²) in [6.45, 7) is 2.48. The van der Waals surface area contributed by atoms with Crippen LogP contribution in [-0.4, -0.2) is 36.8 Å². The maximum absolute atomic E-state index is 12.3. The lowest BCUT2D eigenvalue weighted by atomic mass is 10.2. The van der Waals surface area contributed by atoms with Crippen LogP contribution in [0.5, 0.6) is 0 Å². The molecule has 126 valence electrons. The van der Waals surface area contributed by atoms with Crippen molar-refractivity contribution in [3.8, 4) is 5.69 Å². The molecule has 4 rings (SSSR count). The third-order valence-corrected chi connectivity index (χ3v) is 4.58. The molecule has 0 atom stereocenters. The SMILES string of the molecule is Cc1nn2cc(CCNC(=O)c3cccc(-n4cccn4)c3)nc2s1. The Bertz CT molecular complexity index is 986. The Balaban J connectivity index is 1.38. The molecule has 3 aromatic heterocycles. The molecule has 0 aliphatic heterocycles. The van der Waals surface area contributed by atoms with Crippen molar-refractivity contribution in [3.05, 3.63) is 65.2 Å². The Morgan fingerprint density at radius 2 is 2.24 bits per heavy atom. The molecule has 0 spiro atoms. The second-order valence-electron chi connectivity index (χ2n) is 5.59. The first kappa shape index (κ1) is 15.5. The van der Waals surface area contributed by atoms with Crippen LogP contribution < -0.4 is 5.32 Å². The maximum Gasteiger partial charge on any atom is 0.251 e. The summed E-state index contributed by atoms with van der Waals surface area (Å²) in [5, 5.41) is 12.4. The van der Waals surface area contributed by atoms with Gasteiger partial charge in [0.05, 0.1) is 17.6 Å². The van der Waals surface area contributed by atoms with Gasteiger partial charge in [0.1, 0.15) is 5.01 Å². The highest BCUT2D eigenvalue weighted by Gasteiger charge is 2.09. The molecule has 0 saturated carbocycles. The average molecular weight is 352 g/mol. The predicted octanol–water partition coefficient (Wildman–Crippen LogP) is 2.26. The zero-order chi connectivity index (χ0) is 17.2. The van der Waals surface area contributed by atoms with Crippen LogP contribution in [0.25, 0.3) is 10.6 Å². The van der Waals surface area contributed by atoms with Gasteiger partial charge in [-0.3, -0.25) is 4.79 Å². The number of imidazole rings is 1. The number of aryl methyl sites for hydroxylation is 1. The quantitative estimate of drug-likeness (QED) is 0.598. The van der Waals surface area contributed by atoms with Gasteiger partial charge in [-0.05, 0) is 31.2 Å². The van der Waals surface area contributed by atoms with E-state index in [1.807, 2.05) is 43.6 Å². The van der Waals surface area contributed by atoms with Crippen LogP contribution in [0, 0.1) is 6.92 Å². The molecule has 0 aliphatic rings. The molecule has 0 bridgehead atoms. The van der Waals surface area contributed by atoms with Crippen LogP contribution in [0.2, 0.25) is 0 Å². The van der Waals surface area contributed by atoms with Crippen LogP contribution in [0.15, 0.2) is 48.9 Å². The fourth-order valence-corrected chi connectivity index (χ4v) is 3.33. The monoisotopic (exact) mass is 352 g/mol. The highest BCUT2D eigenvalue weighted by molar-refractivity contribution is 7.16.